The molecule has 108 valence electrons. The van der Waals surface area contributed by atoms with E-state index in [2.05, 4.69) is 13.2 Å². The van der Waals surface area contributed by atoms with Gasteiger partial charge in [-0.3, -0.25) is 0 Å². The molecule has 0 aliphatic rings. The molecular formula is C13H15NO5S. The van der Waals surface area contributed by atoms with Crippen molar-refractivity contribution in [2.75, 3.05) is 13.1 Å². The Morgan fingerprint density at radius 1 is 1.25 bits per heavy atom. The van der Waals surface area contributed by atoms with Gasteiger partial charge in [0.15, 0.2) is 0 Å². The summed E-state index contributed by atoms with van der Waals surface area (Å²) in [6.45, 7) is 7.08. The molecule has 0 aliphatic heterocycles. The number of aromatic hydroxyl groups is 1. The number of aromatic carboxylic acids is 1. The maximum Gasteiger partial charge on any atom is 0.339 e. The second-order valence-electron chi connectivity index (χ2n) is 3.88. The van der Waals surface area contributed by atoms with E-state index in [1.165, 1.54) is 12.2 Å². The summed E-state index contributed by atoms with van der Waals surface area (Å²) >= 11 is 0. The van der Waals surface area contributed by atoms with Crippen LogP contribution in [0, 0.1) is 0 Å². The molecular weight excluding hydrogens is 282 g/mol. The highest BCUT2D eigenvalue weighted by Crippen LogP contribution is 2.23. The third-order valence-electron chi connectivity index (χ3n) is 2.50. The number of carboxylic acids is 1. The van der Waals surface area contributed by atoms with Crippen molar-refractivity contribution in [3.05, 3.63) is 49.1 Å². The Kier molecular flexibility index (Phi) is 5.06. The first-order chi connectivity index (χ1) is 9.34. The molecule has 0 radical (unpaired) electrons. The summed E-state index contributed by atoms with van der Waals surface area (Å²) in [5.74, 6) is -1.89. The van der Waals surface area contributed by atoms with Gasteiger partial charge in [-0.25, -0.2) is 13.2 Å². The Morgan fingerprint density at radius 3 is 2.25 bits per heavy atom. The van der Waals surface area contributed by atoms with E-state index in [1.807, 2.05) is 0 Å². The monoisotopic (exact) mass is 297 g/mol. The second-order valence-corrected chi connectivity index (χ2v) is 5.82. The van der Waals surface area contributed by atoms with Crippen molar-refractivity contribution in [2.24, 2.45) is 0 Å². The van der Waals surface area contributed by atoms with Crippen LogP contribution in [-0.2, 0) is 10.0 Å². The Hall–Kier alpha value is -2.12. The third-order valence-corrected chi connectivity index (χ3v) is 4.33. The van der Waals surface area contributed by atoms with Crippen molar-refractivity contribution in [1.82, 2.24) is 4.31 Å². The number of nitrogens with zero attached hydrogens (tertiary/aromatic N) is 1. The number of sulfonamides is 1. The summed E-state index contributed by atoms with van der Waals surface area (Å²) in [5, 5.41) is 18.3. The number of hydrogen-bond donors (Lipinski definition) is 2. The van der Waals surface area contributed by atoms with Gasteiger partial charge in [0.1, 0.15) is 11.3 Å². The van der Waals surface area contributed by atoms with Gasteiger partial charge in [-0.2, -0.15) is 4.31 Å². The van der Waals surface area contributed by atoms with Gasteiger partial charge in [-0.15, -0.1) is 13.2 Å². The third kappa shape index (κ3) is 3.25. The fraction of sp³-hybridized carbons (Fsp3) is 0.154. The zero-order chi connectivity index (χ0) is 15.3. The van der Waals surface area contributed by atoms with Gasteiger partial charge in [-0.05, 0) is 18.2 Å². The van der Waals surface area contributed by atoms with Gasteiger partial charge in [0.05, 0.1) is 4.90 Å². The lowest BCUT2D eigenvalue weighted by Gasteiger charge is -2.19. The first-order valence-corrected chi connectivity index (χ1v) is 7.06. The molecule has 0 spiro atoms. The molecule has 1 rings (SSSR count). The van der Waals surface area contributed by atoms with E-state index < -0.39 is 27.3 Å². The molecule has 1 aromatic carbocycles. The van der Waals surface area contributed by atoms with Crippen LogP contribution in [0.1, 0.15) is 10.4 Å². The number of hydrogen-bond acceptors (Lipinski definition) is 4. The molecule has 0 heterocycles. The highest BCUT2D eigenvalue weighted by molar-refractivity contribution is 7.89. The minimum Gasteiger partial charge on any atom is -0.507 e. The fourth-order valence-corrected chi connectivity index (χ4v) is 2.96. The van der Waals surface area contributed by atoms with Gasteiger partial charge in [0, 0.05) is 13.1 Å². The second kappa shape index (κ2) is 6.36. The molecule has 7 heteroatoms. The average Bonchev–Trinajstić information content (AvgIpc) is 2.38. The summed E-state index contributed by atoms with van der Waals surface area (Å²) in [5.41, 5.74) is -0.469. The van der Waals surface area contributed by atoms with Gasteiger partial charge in [-0.1, -0.05) is 12.2 Å². The molecule has 0 unspecified atom stereocenters. The number of carboxylic acid groups (broad SMARTS) is 1. The van der Waals surface area contributed by atoms with Gasteiger partial charge >= 0.3 is 5.97 Å². The van der Waals surface area contributed by atoms with Gasteiger partial charge in [0.25, 0.3) is 0 Å². The van der Waals surface area contributed by atoms with E-state index >= 15 is 0 Å². The van der Waals surface area contributed by atoms with E-state index in [1.54, 1.807) is 0 Å². The van der Waals surface area contributed by atoms with Crippen LogP contribution in [0.15, 0.2) is 48.4 Å². The summed E-state index contributed by atoms with van der Waals surface area (Å²) in [4.78, 5) is 10.7. The van der Waals surface area contributed by atoms with Gasteiger partial charge < -0.3 is 10.2 Å². The molecule has 0 amide bonds. The number of carbonyl (C=O) groups is 1. The Balaban J connectivity index is 3.33. The Bertz CT molecular complexity index is 626. The summed E-state index contributed by atoms with van der Waals surface area (Å²) < 4.78 is 25.8. The molecule has 0 aromatic heterocycles. The Labute approximate surface area is 117 Å². The molecule has 2 N–H and O–H groups in total. The lowest BCUT2D eigenvalue weighted by Crippen LogP contribution is -2.31. The maximum absolute atomic E-state index is 12.4. The van der Waals surface area contributed by atoms with E-state index in [-0.39, 0.29) is 18.0 Å². The molecule has 1 aromatic rings. The lowest BCUT2D eigenvalue weighted by atomic mass is 10.2. The topological polar surface area (TPSA) is 94.9 Å². The SMILES string of the molecule is C=CCN(CC=C)S(=O)(=O)c1ccc(O)c(C(=O)O)c1. The minimum atomic E-state index is -3.88. The van der Waals surface area contributed by atoms with E-state index in [0.717, 1.165) is 22.5 Å². The largest absolute Gasteiger partial charge is 0.507 e. The van der Waals surface area contributed by atoms with Crippen LogP contribution in [-0.4, -0.2) is 42.0 Å². The van der Waals surface area contributed by atoms with Crippen LogP contribution in [0.25, 0.3) is 0 Å². The smallest absolute Gasteiger partial charge is 0.339 e. The fourth-order valence-electron chi connectivity index (χ4n) is 1.55. The Morgan fingerprint density at radius 2 is 1.80 bits per heavy atom. The van der Waals surface area contributed by atoms with Crippen LogP contribution in [0.3, 0.4) is 0 Å². The first-order valence-electron chi connectivity index (χ1n) is 5.62. The zero-order valence-electron chi connectivity index (χ0n) is 10.7. The molecule has 20 heavy (non-hydrogen) atoms. The number of benzene rings is 1. The lowest BCUT2D eigenvalue weighted by molar-refractivity contribution is 0.0693. The standard InChI is InChI=1S/C13H15NO5S/c1-3-7-14(8-4-2)20(18,19)10-5-6-12(15)11(9-10)13(16)17/h3-6,9,15H,1-2,7-8H2,(H,16,17). The molecule has 0 bridgehead atoms. The molecule has 0 saturated carbocycles. The highest BCUT2D eigenvalue weighted by Gasteiger charge is 2.24. The number of rotatable bonds is 7. The summed E-state index contributed by atoms with van der Waals surface area (Å²) in [7, 11) is -3.88. The number of phenols is 1. The van der Waals surface area contributed by atoms with Gasteiger partial charge in [0.2, 0.25) is 10.0 Å². The van der Waals surface area contributed by atoms with Crippen molar-refractivity contribution in [2.45, 2.75) is 4.90 Å². The van der Waals surface area contributed by atoms with Crippen molar-refractivity contribution in [1.29, 1.82) is 0 Å². The molecule has 6 nitrogen and oxygen atoms in total. The van der Waals surface area contributed by atoms with Crippen molar-refractivity contribution in [3.63, 3.8) is 0 Å². The van der Waals surface area contributed by atoms with Crippen LogP contribution in [0.2, 0.25) is 0 Å². The van der Waals surface area contributed by atoms with E-state index in [9.17, 15) is 18.3 Å². The van der Waals surface area contributed by atoms with Crippen LogP contribution >= 0.6 is 0 Å². The molecule has 0 atom stereocenters. The average molecular weight is 297 g/mol. The predicted molar refractivity (Wildman–Crippen MR) is 74.2 cm³/mol. The van der Waals surface area contributed by atoms with E-state index in [0.29, 0.717) is 0 Å². The van der Waals surface area contributed by atoms with Crippen LogP contribution < -0.4 is 0 Å². The van der Waals surface area contributed by atoms with Crippen molar-refractivity contribution >= 4 is 16.0 Å². The first kappa shape index (κ1) is 15.9. The van der Waals surface area contributed by atoms with Crippen LogP contribution in [0.5, 0.6) is 5.75 Å². The molecule has 0 saturated heterocycles. The predicted octanol–water partition coefficient (Wildman–Crippen LogP) is 1.45. The molecule has 0 aliphatic carbocycles. The van der Waals surface area contributed by atoms with Crippen LogP contribution in [0.4, 0.5) is 0 Å². The zero-order valence-corrected chi connectivity index (χ0v) is 11.5. The summed E-state index contributed by atoms with van der Waals surface area (Å²) in [6.07, 6.45) is 2.83. The molecule has 0 fully saturated rings. The van der Waals surface area contributed by atoms with Crippen molar-refractivity contribution in [3.8, 4) is 5.75 Å². The minimum absolute atomic E-state index is 0.0671. The van der Waals surface area contributed by atoms with Crippen molar-refractivity contribution < 1.29 is 23.4 Å². The quantitative estimate of drug-likeness (QED) is 0.743. The highest BCUT2D eigenvalue weighted by atomic mass is 32.2. The van der Waals surface area contributed by atoms with E-state index in [4.69, 9.17) is 5.11 Å². The summed E-state index contributed by atoms with van der Waals surface area (Å²) in [6, 6.07) is 3.11. The maximum atomic E-state index is 12.4. The normalized spacial score (nSPS) is 11.2.